The van der Waals surface area contributed by atoms with E-state index in [1.54, 1.807) is 0 Å². The molecule has 1 aromatic carbocycles. The molecule has 0 saturated heterocycles. The molecule has 122 valence electrons. The molecule has 2 fully saturated rings. The van der Waals surface area contributed by atoms with Gasteiger partial charge < -0.3 is 9.09 Å². The van der Waals surface area contributed by atoms with Gasteiger partial charge in [0.1, 0.15) is 11.8 Å². The van der Waals surface area contributed by atoms with Gasteiger partial charge in [0.15, 0.2) is 0 Å². The Bertz CT molecular complexity index is 918. The first kappa shape index (κ1) is 13.8. The number of rotatable bonds is 5. The molecule has 0 radical (unpaired) electrons. The summed E-state index contributed by atoms with van der Waals surface area (Å²) in [4.78, 5) is 17.3. The third-order valence-electron chi connectivity index (χ3n) is 4.82. The van der Waals surface area contributed by atoms with Crippen LogP contribution in [0.4, 0.5) is 5.95 Å². The highest BCUT2D eigenvalue weighted by Crippen LogP contribution is 2.41. The quantitative estimate of drug-likeness (QED) is 0.779. The summed E-state index contributed by atoms with van der Waals surface area (Å²) in [5.74, 6) is 1.48. The molecular weight excluding hydrogens is 304 g/mol. The Balaban J connectivity index is 1.49. The normalized spacial score (nSPS) is 17.3. The van der Waals surface area contributed by atoms with E-state index in [0.717, 1.165) is 36.1 Å². The summed E-state index contributed by atoms with van der Waals surface area (Å²) in [6.07, 6.45) is 6.09. The van der Waals surface area contributed by atoms with E-state index in [0.29, 0.717) is 23.3 Å². The first-order valence-electron chi connectivity index (χ1n) is 8.50. The average molecular weight is 322 g/mol. The molecule has 24 heavy (non-hydrogen) atoms. The number of para-hydroxylation sites is 2. The van der Waals surface area contributed by atoms with E-state index in [2.05, 4.69) is 26.1 Å². The SMILES string of the molecule is O=C(Nc1nc2ccccc2n1CC1CC1)c1conc1C1CC1. The van der Waals surface area contributed by atoms with Gasteiger partial charge in [-0.2, -0.15) is 0 Å². The Labute approximate surface area is 138 Å². The van der Waals surface area contributed by atoms with Crippen molar-refractivity contribution >= 4 is 22.9 Å². The molecular formula is C18H18N4O2. The van der Waals surface area contributed by atoms with Crippen LogP contribution in [-0.4, -0.2) is 20.6 Å². The Morgan fingerprint density at radius 1 is 1.25 bits per heavy atom. The molecule has 0 bridgehead atoms. The van der Waals surface area contributed by atoms with Crippen LogP contribution in [0.25, 0.3) is 11.0 Å². The molecule has 0 unspecified atom stereocenters. The van der Waals surface area contributed by atoms with Crippen molar-refractivity contribution in [3.63, 3.8) is 0 Å². The number of amides is 1. The van der Waals surface area contributed by atoms with E-state index >= 15 is 0 Å². The highest BCUT2D eigenvalue weighted by Gasteiger charge is 2.32. The number of imidazole rings is 1. The summed E-state index contributed by atoms with van der Waals surface area (Å²) in [6.45, 7) is 0.898. The molecule has 5 rings (SSSR count). The summed E-state index contributed by atoms with van der Waals surface area (Å²) in [7, 11) is 0. The zero-order valence-electron chi connectivity index (χ0n) is 13.2. The minimum atomic E-state index is -0.189. The molecule has 6 nitrogen and oxygen atoms in total. The summed E-state index contributed by atoms with van der Waals surface area (Å²) in [5.41, 5.74) is 3.27. The number of carbonyl (C=O) groups excluding carboxylic acids is 1. The maximum atomic E-state index is 12.7. The topological polar surface area (TPSA) is 73.0 Å². The summed E-state index contributed by atoms with van der Waals surface area (Å²) < 4.78 is 7.15. The van der Waals surface area contributed by atoms with Crippen LogP contribution in [0.5, 0.6) is 0 Å². The number of aromatic nitrogens is 3. The van der Waals surface area contributed by atoms with Crippen LogP contribution in [0.2, 0.25) is 0 Å². The van der Waals surface area contributed by atoms with Crippen molar-refractivity contribution in [2.24, 2.45) is 5.92 Å². The van der Waals surface area contributed by atoms with Gasteiger partial charge in [0.25, 0.3) is 5.91 Å². The van der Waals surface area contributed by atoms with Crippen LogP contribution >= 0.6 is 0 Å². The van der Waals surface area contributed by atoms with Crippen LogP contribution in [0.15, 0.2) is 35.1 Å². The summed E-state index contributed by atoms with van der Waals surface area (Å²) in [6, 6.07) is 8.00. The fraction of sp³-hybridized carbons (Fsp3) is 0.389. The van der Waals surface area contributed by atoms with E-state index in [-0.39, 0.29) is 5.91 Å². The fourth-order valence-electron chi connectivity index (χ4n) is 3.15. The van der Waals surface area contributed by atoms with E-state index in [1.165, 1.54) is 19.1 Å². The van der Waals surface area contributed by atoms with Gasteiger partial charge in [0.05, 0.1) is 16.7 Å². The van der Waals surface area contributed by atoms with Gasteiger partial charge in [0, 0.05) is 12.5 Å². The number of hydrogen-bond donors (Lipinski definition) is 1. The molecule has 1 amide bonds. The summed E-state index contributed by atoms with van der Waals surface area (Å²) in [5, 5.41) is 6.97. The number of carbonyl (C=O) groups is 1. The second kappa shape index (κ2) is 5.19. The number of anilines is 1. The van der Waals surface area contributed by atoms with Crippen molar-refractivity contribution in [2.45, 2.75) is 38.1 Å². The molecule has 2 aliphatic carbocycles. The molecule has 2 heterocycles. The van der Waals surface area contributed by atoms with Gasteiger partial charge in [-0.05, 0) is 43.7 Å². The average Bonchev–Trinajstić information content (AvgIpc) is 3.51. The lowest BCUT2D eigenvalue weighted by atomic mass is 10.2. The maximum absolute atomic E-state index is 12.7. The molecule has 2 aromatic heterocycles. The van der Waals surface area contributed by atoms with Crippen LogP contribution in [0.1, 0.15) is 47.7 Å². The van der Waals surface area contributed by atoms with Crippen molar-refractivity contribution in [1.82, 2.24) is 14.7 Å². The molecule has 2 saturated carbocycles. The number of nitrogens with zero attached hydrogens (tertiary/aromatic N) is 3. The third kappa shape index (κ3) is 2.38. The molecule has 0 atom stereocenters. The van der Waals surface area contributed by atoms with E-state index in [4.69, 9.17) is 4.52 Å². The van der Waals surface area contributed by atoms with Gasteiger partial charge in [0.2, 0.25) is 5.95 Å². The number of nitrogens with one attached hydrogen (secondary N) is 1. The lowest BCUT2D eigenvalue weighted by molar-refractivity contribution is 0.102. The molecule has 3 aromatic rings. The monoisotopic (exact) mass is 322 g/mol. The second-order valence-electron chi connectivity index (χ2n) is 6.82. The van der Waals surface area contributed by atoms with Gasteiger partial charge >= 0.3 is 0 Å². The Morgan fingerprint density at radius 3 is 2.88 bits per heavy atom. The first-order chi connectivity index (χ1) is 11.8. The Morgan fingerprint density at radius 2 is 2.08 bits per heavy atom. The molecule has 1 N–H and O–H groups in total. The molecule has 0 spiro atoms. The highest BCUT2D eigenvalue weighted by atomic mass is 16.5. The number of hydrogen-bond acceptors (Lipinski definition) is 4. The molecule has 6 heteroatoms. The van der Waals surface area contributed by atoms with Crippen molar-refractivity contribution in [3.05, 3.63) is 41.8 Å². The van der Waals surface area contributed by atoms with Gasteiger partial charge in [-0.25, -0.2) is 4.98 Å². The second-order valence-corrected chi connectivity index (χ2v) is 6.82. The van der Waals surface area contributed by atoms with Crippen molar-refractivity contribution in [1.29, 1.82) is 0 Å². The van der Waals surface area contributed by atoms with Crippen LogP contribution in [0, 0.1) is 5.92 Å². The lowest BCUT2D eigenvalue weighted by Crippen LogP contribution is -2.17. The fourth-order valence-corrected chi connectivity index (χ4v) is 3.15. The summed E-state index contributed by atoms with van der Waals surface area (Å²) >= 11 is 0. The van der Waals surface area contributed by atoms with Crippen molar-refractivity contribution < 1.29 is 9.32 Å². The van der Waals surface area contributed by atoms with Crippen LogP contribution < -0.4 is 5.32 Å². The Kier molecular flexibility index (Phi) is 2.98. The van der Waals surface area contributed by atoms with Crippen molar-refractivity contribution in [2.75, 3.05) is 5.32 Å². The largest absolute Gasteiger partial charge is 0.364 e. The predicted octanol–water partition coefficient (Wildman–Crippen LogP) is 3.56. The third-order valence-corrected chi connectivity index (χ3v) is 4.82. The van der Waals surface area contributed by atoms with Crippen molar-refractivity contribution in [3.8, 4) is 0 Å². The van der Waals surface area contributed by atoms with E-state index in [1.807, 2.05) is 18.2 Å². The Hall–Kier alpha value is -2.63. The lowest BCUT2D eigenvalue weighted by Gasteiger charge is -2.09. The maximum Gasteiger partial charge on any atom is 0.263 e. The minimum absolute atomic E-state index is 0.189. The van der Waals surface area contributed by atoms with Gasteiger partial charge in [-0.1, -0.05) is 17.3 Å². The number of fused-ring (bicyclic) bond motifs is 1. The van der Waals surface area contributed by atoms with Crippen LogP contribution in [0.3, 0.4) is 0 Å². The van der Waals surface area contributed by atoms with Crippen LogP contribution in [-0.2, 0) is 6.54 Å². The highest BCUT2D eigenvalue weighted by molar-refractivity contribution is 6.04. The first-order valence-corrected chi connectivity index (χ1v) is 8.50. The molecule has 2 aliphatic rings. The zero-order chi connectivity index (χ0) is 16.1. The van der Waals surface area contributed by atoms with Gasteiger partial charge in [-0.3, -0.25) is 10.1 Å². The van der Waals surface area contributed by atoms with E-state index in [9.17, 15) is 4.79 Å². The minimum Gasteiger partial charge on any atom is -0.364 e. The zero-order valence-corrected chi connectivity index (χ0v) is 13.2. The predicted molar refractivity (Wildman–Crippen MR) is 88.9 cm³/mol. The van der Waals surface area contributed by atoms with Gasteiger partial charge in [-0.15, -0.1) is 0 Å². The number of benzene rings is 1. The van der Waals surface area contributed by atoms with E-state index < -0.39 is 0 Å². The molecule has 0 aliphatic heterocycles. The standard InChI is InChI=1S/C18H18N4O2/c23-17(13-10-24-21-16(13)12-7-8-12)20-18-19-14-3-1-2-4-15(14)22(18)9-11-5-6-11/h1-4,10-12H,5-9H2,(H,19,20,23). The smallest absolute Gasteiger partial charge is 0.263 e.